The van der Waals surface area contributed by atoms with Crippen LogP contribution in [0, 0.1) is 5.92 Å². The molecule has 0 radical (unpaired) electrons. The fraction of sp³-hybridized carbons (Fsp3) is 0.562. The standard InChI is InChI=1S/C16H23NO4/c1-20-14-5-3-4-13(16(14)21-2)11-17-8-6-12(7-9-17)10-15(18)19/h3-5,12H,6-11H2,1-2H3,(H,18,19). The Labute approximate surface area is 125 Å². The van der Waals surface area contributed by atoms with E-state index < -0.39 is 5.97 Å². The van der Waals surface area contributed by atoms with Gasteiger partial charge in [-0.25, -0.2) is 0 Å². The third-order valence-corrected chi connectivity index (χ3v) is 4.05. The molecule has 0 atom stereocenters. The van der Waals surface area contributed by atoms with Gasteiger partial charge in [0, 0.05) is 18.5 Å². The van der Waals surface area contributed by atoms with Crippen molar-refractivity contribution >= 4 is 5.97 Å². The van der Waals surface area contributed by atoms with E-state index in [-0.39, 0.29) is 6.42 Å². The lowest BCUT2D eigenvalue weighted by Crippen LogP contribution is -2.34. The van der Waals surface area contributed by atoms with Gasteiger partial charge in [0.25, 0.3) is 0 Å². The van der Waals surface area contributed by atoms with E-state index in [1.807, 2.05) is 18.2 Å². The molecule has 0 aromatic heterocycles. The molecular weight excluding hydrogens is 270 g/mol. The van der Waals surface area contributed by atoms with Gasteiger partial charge >= 0.3 is 5.97 Å². The number of rotatable bonds is 6. The summed E-state index contributed by atoms with van der Waals surface area (Å²) in [5.74, 6) is 1.15. The molecular formula is C16H23NO4. The number of aliphatic carboxylic acids is 1. The largest absolute Gasteiger partial charge is 0.493 e. The Bertz CT molecular complexity index is 481. The summed E-state index contributed by atoms with van der Waals surface area (Å²) < 4.78 is 10.8. The summed E-state index contributed by atoms with van der Waals surface area (Å²) in [5, 5.41) is 8.85. The lowest BCUT2D eigenvalue weighted by molar-refractivity contribution is -0.138. The Morgan fingerprint density at radius 3 is 2.57 bits per heavy atom. The van der Waals surface area contributed by atoms with E-state index in [0.717, 1.165) is 49.5 Å². The van der Waals surface area contributed by atoms with Crippen molar-refractivity contribution in [2.75, 3.05) is 27.3 Å². The maximum atomic E-state index is 10.8. The highest BCUT2D eigenvalue weighted by Gasteiger charge is 2.22. The molecule has 5 nitrogen and oxygen atoms in total. The number of likely N-dealkylation sites (tertiary alicyclic amines) is 1. The lowest BCUT2D eigenvalue weighted by atomic mass is 9.93. The Balaban J connectivity index is 1.96. The van der Waals surface area contributed by atoms with E-state index in [1.54, 1.807) is 14.2 Å². The van der Waals surface area contributed by atoms with Crippen molar-refractivity contribution in [3.05, 3.63) is 23.8 Å². The second-order valence-corrected chi connectivity index (χ2v) is 5.47. The van der Waals surface area contributed by atoms with Crippen LogP contribution in [0.4, 0.5) is 0 Å². The third kappa shape index (κ3) is 4.11. The van der Waals surface area contributed by atoms with Gasteiger partial charge in [0.2, 0.25) is 0 Å². The zero-order valence-corrected chi connectivity index (χ0v) is 12.7. The number of hydrogen-bond donors (Lipinski definition) is 1. The minimum atomic E-state index is -0.692. The monoisotopic (exact) mass is 293 g/mol. The molecule has 1 aliphatic heterocycles. The molecule has 0 saturated carbocycles. The number of hydrogen-bond acceptors (Lipinski definition) is 4. The fourth-order valence-electron chi connectivity index (χ4n) is 2.91. The number of carboxylic acid groups (broad SMARTS) is 1. The normalized spacial score (nSPS) is 16.7. The molecule has 0 unspecified atom stereocenters. The van der Waals surface area contributed by atoms with Gasteiger partial charge in [-0.15, -0.1) is 0 Å². The number of para-hydroxylation sites is 1. The van der Waals surface area contributed by atoms with Crippen molar-refractivity contribution < 1.29 is 19.4 Å². The van der Waals surface area contributed by atoms with E-state index in [1.165, 1.54) is 0 Å². The van der Waals surface area contributed by atoms with Crippen LogP contribution in [0.15, 0.2) is 18.2 Å². The third-order valence-electron chi connectivity index (χ3n) is 4.05. The summed E-state index contributed by atoms with van der Waals surface area (Å²) in [6.07, 6.45) is 2.17. The van der Waals surface area contributed by atoms with Crippen LogP contribution >= 0.6 is 0 Å². The highest BCUT2D eigenvalue weighted by atomic mass is 16.5. The molecule has 1 aliphatic rings. The fourth-order valence-corrected chi connectivity index (χ4v) is 2.91. The highest BCUT2D eigenvalue weighted by Crippen LogP contribution is 2.32. The summed E-state index contributed by atoms with van der Waals surface area (Å²) in [5.41, 5.74) is 1.11. The molecule has 1 aromatic rings. The number of carboxylic acids is 1. The molecule has 1 heterocycles. The Morgan fingerprint density at radius 1 is 1.29 bits per heavy atom. The molecule has 2 rings (SSSR count). The summed E-state index contributed by atoms with van der Waals surface area (Å²) in [4.78, 5) is 13.1. The molecule has 1 aromatic carbocycles. The van der Waals surface area contributed by atoms with Crippen LogP contribution in [0.25, 0.3) is 0 Å². The Hall–Kier alpha value is -1.75. The van der Waals surface area contributed by atoms with Crippen molar-refractivity contribution in [3.63, 3.8) is 0 Å². The van der Waals surface area contributed by atoms with Gasteiger partial charge in [-0.05, 0) is 37.9 Å². The van der Waals surface area contributed by atoms with Gasteiger partial charge < -0.3 is 14.6 Å². The SMILES string of the molecule is COc1cccc(CN2CCC(CC(=O)O)CC2)c1OC. The zero-order chi connectivity index (χ0) is 15.2. The van der Waals surface area contributed by atoms with Crippen LogP contribution in [-0.2, 0) is 11.3 Å². The molecule has 1 N–H and O–H groups in total. The van der Waals surface area contributed by atoms with Crippen LogP contribution in [0.1, 0.15) is 24.8 Å². The van der Waals surface area contributed by atoms with Gasteiger partial charge in [-0.3, -0.25) is 9.69 Å². The summed E-state index contributed by atoms with van der Waals surface area (Å²) in [7, 11) is 3.29. The minimum Gasteiger partial charge on any atom is -0.493 e. The van der Waals surface area contributed by atoms with Crippen LogP contribution in [0.5, 0.6) is 11.5 Å². The van der Waals surface area contributed by atoms with Gasteiger partial charge in [0.1, 0.15) is 0 Å². The smallest absolute Gasteiger partial charge is 0.303 e. The van der Waals surface area contributed by atoms with Crippen molar-refractivity contribution in [2.24, 2.45) is 5.92 Å². The van der Waals surface area contributed by atoms with E-state index in [4.69, 9.17) is 14.6 Å². The molecule has 0 spiro atoms. The average molecular weight is 293 g/mol. The first kappa shape index (κ1) is 15.6. The Morgan fingerprint density at radius 2 is 2.00 bits per heavy atom. The van der Waals surface area contributed by atoms with Crippen LogP contribution < -0.4 is 9.47 Å². The van der Waals surface area contributed by atoms with Crippen molar-refractivity contribution in [2.45, 2.75) is 25.8 Å². The van der Waals surface area contributed by atoms with E-state index in [0.29, 0.717) is 5.92 Å². The topological polar surface area (TPSA) is 59.0 Å². The number of carbonyl (C=O) groups is 1. The average Bonchev–Trinajstić information content (AvgIpc) is 2.48. The van der Waals surface area contributed by atoms with Crippen molar-refractivity contribution in [3.8, 4) is 11.5 Å². The van der Waals surface area contributed by atoms with Crippen LogP contribution in [-0.4, -0.2) is 43.3 Å². The number of piperidine rings is 1. The summed E-state index contributed by atoms with van der Waals surface area (Å²) >= 11 is 0. The molecule has 116 valence electrons. The van der Waals surface area contributed by atoms with E-state index in [9.17, 15) is 4.79 Å². The highest BCUT2D eigenvalue weighted by molar-refractivity contribution is 5.67. The van der Waals surface area contributed by atoms with Crippen LogP contribution in [0.2, 0.25) is 0 Å². The number of benzene rings is 1. The zero-order valence-electron chi connectivity index (χ0n) is 12.7. The summed E-state index contributed by atoms with van der Waals surface area (Å²) in [6.45, 7) is 2.66. The van der Waals surface area contributed by atoms with Gasteiger partial charge in [0.05, 0.1) is 14.2 Å². The first-order valence-corrected chi connectivity index (χ1v) is 7.28. The molecule has 5 heteroatoms. The van der Waals surface area contributed by atoms with Gasteiger partial charge in [-0.1, -0.05) is 12.1 Å². The molecule has 1 saturated heterocycles. The van der Waals surface area contributed by atoms with E-state index >= 15 is 0 Å². The molecule has 0 bridgehead atoms. The molecule has 0 amide bonds. The predicted molar refractivity (Wildman–Crippen MR) is 79.8 cm³/mol. The van der Waals surface area contributed by atoms with Crippen molar-refractivity contribution in [1.82, 2.24) is 4.90 Å². The van der Waals surface area contributed by atoms with E-state index in [2.05, 4.69) is 4.90 Å². The maximum absolute atomic E-state index is 10.8. The maximum Gasteiger partial charge on any atom is 0.303 e. The van der Waals surface area contributed by atoms with Crippen LogP contribution in [0.3, 0.4) is 0 Å². The second kappa shape index (κ2) is 7.31. The summed E-state index contributed by atoms with van der Waals surface area (Å²) in [6, 6.07) is 5.90. The quantitative estimate of drug-likeness (QED) is 0.872. The Kier molecular flexibility index (Phi) is 5.44. The predicted octanol–water partition coefficient (Wildman–Crippen LogP) is 2.39. The lowest BCUT2D eigenvalue weighted by Gasteiger charge is -2.31. The number of nitrogens with zero attached hydrogens (tertiary/aromatic N) is 1. The molecule has 0 aliphatic carbocycles. The molecule has 21 heavy (non-hydrogen) atoms. The van der Waals surface area contributed by atoms with Gasteiger partial charge in [0.15, 0.2) is 11.5 Å². The van der Waals surface area contributed by atoms with Crippen molar-refractivity contribution in [1.29, 1.82) is 0 Å². The first-order valence-electron chi connectivity index (χ1n) is 7.28. The molecule has 1 fully saturated rings. The first-order chi connectivity index (χ1) is 10.1. The second-order valence-electron chi connectivity index (χ2n) is 5.47. The van der Waals surface area contributed by atoms with Gasteiger partial charge in [-0.2, -0.15) is 0 Å². The number of methoxy groups -OCH3 is 2. The minimum absolute atomic E-state index is 0.288. The number of ether oxygens (including phenoxy) is 2.